The highest BCUT2D eigenvalue weighted by molar-refractivity contribution is 7.92. The quantitative estimate of drug-likeness (QED) is 0.299. The van der Waals surface area contributed by atoms with Crippen LogP contribution in [0.3, 0.4) is 0 Å². The summed E-state index contributed by atoms with van der Waals surface area (Å²) < 4.78 is 34.4. The molecule has 0 saturated heterocycles. The van der Waals surface area contributed by atoms with Gasteiger partial charge in [-0.25, -0.2) is 8.42 Å². The minimum absolute atomic E-state index is 0.0329. The van der Waals surface area contributed by atoms with Crippen molar-refractivity contribution in [2.45, 2.75) is 58.0 Å². The number of benzene rings is 3. The smallest absolute Gasteiger partial charge is 0.264 e. The Bertz CT molecular complexity index is 1360. The molecule has 0 spiro atoms. The Morgan fingerprint density at radius 2 is 1.62 bits per heavy atom. The molecule has 0 bridgehead atoms. The molecular weight excluding hydrogens is 526 g/mol. The summed E-state index contributed by atoms with van der Waals surface area (Å²) in [5.41, 5.74) is 2.23. The number of aryl methyl sites for hydroxylation is 1. The summed E-state index contributed by atoms with van der Waals surface area (Å²) in [4.78, 5) is 28.7. The summed E-state index contributed by atoms with van der Waals surface area (Å²) in [6.07, 6.45) is 1.14. The average Bonchev–Trinajstić information content (AvgIpc) is 2.95. The highest BCUT2D eigenvalue weighted by Gasteiger charge is 2.33. The molecule has 9 heteroatoms. The molecule has 2 amide bonds. The predicted molar refractivity (Wildman–Crippen MR) is 158 cm³/mol. The fourth-order valence-corrected chi connectivity index (χ4v) is 5.83. The van der Waals surface area contributed by atoms with Gasteiger partial charge in [0.15, 0.2) is 0 Å². The second-order valence-corrected chi connectivity index (χ2v) is 11.3. The maximum atomic E-state index is 14.0. The zero-order valence-electron chi connectivity index (χ0n) is 23.7. The van der Waals surface area contributed by atoms with E-state index >= 15 is 0 Å². The molecule has 0 aliphatic carbocycles. The lowest BCUT2D eigenvalue weighted by Gasteiger charge is -2.33. The number of hydrogen-bond acceptors (Lipinski definition) is 5. The van der Waals surface area contributed by atoms with Gasteiger partial charge in [-0.2, -0.15) is 0 Å². The Hall–Kier alpha value is -3.85. The van der Waals surface area contributed by atoms with Crippen LogP contribution in [0.5, 0.6) is 5.75 Å². The zero-order valence-corrected chi connectivity index (χ0v) is 24.5. The molecule has 8 nitrogen and oxygen atoms in total. The Labute approximate surface area is 238 Å². The van der Waals surface area contributed by atoms with Gasteiger partial charge in [0.25, 0.3) is 10.0 Å². The van der Waals surface area contributed by atoms with Gasteiger partial charge in [-0.1, -0.05) is 61.9 Å². The van der Waals surface area contributed by atoms with Crippen molar-refractivity contribution in [3.8, 4) is 5.75 Å². The number of nitrogens with zero attached hydrogens (tertiary/aromatic N) is 2. The molecule has 214 valence electrons. The van der Waals surface area contributed by atoms with Crippen LogP contribution in [0.2, 0.25) is 0 Å². The number of amides is 2. The minimum Gasteiger partial charge on any atom is -0.494 e. The van der Waals surface area contributed by atoms with E-state index < -0.39 is 28.5 Å². The number of hydrogen-bond donors (Lipinski definition) is 1. The van der Waals surface area contributed by atoms with Crippen LogP contribution < -0.4 is 14.4 Å². The van der Waals surface area contributed by atoms with Crippen molar-refractivity contribution in [1.29, 1.82) is 0 Å². The molecule has 3 aromatic rings. The predicted octanol–water partition coefficient (Wildman–Crippen LogP) is 4.92. The Kier molecular flexibility index (Phi) is 11.1. The molecule has 0 aromatic heterocycles. The minimum atomic E-state index is -4.13. The Morgan fingerprint density at radius 3 is 2.23 bits per heavy atom. The van der Waals surface area contributed by atoms with Crippen molar-refractivity contribution in [2.24, 2.45) is 0 Å². The van der Waals surface area contributed by atoms with Crippen LogP contribution in [0.4, 0.5) is 5.69 Å². The summed E-state index contributed by atoms with van der Waals surface area (Å²) in [5.74, 6) is -0.179. The molecule has 1 atom stereocenters. The molecule has 0 saturated carbocycles. The van der Waals surface area contributed by atoms with Crippen LogP contribution in [0.15, 0.2) is 83.8 Å². The van der Waals surface area contributed by atoms with Gasteiger partial charge in [0.1, 0.15) is 18.3 Å². The van der Waals surface area contributed by atoms with Crippen molar-refractivity contribution in [1.82, 2.24) is 10.2 Å². The number of nitrogens with one attached hydrogen (secondary N) is 1. The maximum Gasteiger partial charge on any atom is 0.264 e. The van der Waals surface area contributed by atoms with Gasteiger partial charge in [0, 0.05) is 13.1 Å². The lowest BCUT2D eigenvalue weighted by molar-refractivity contribution is -0.140. The van der Waals surface area contributed by atoms with Crippen LogP contribution in [0.1, 0.15) is 44.7 Å². The fourth-order valence-electron chi connectivity index (χ4n) is 4.42. The van der Waals surface area contributed by atoms with Crippen LogP contribution in [-0.4, -0.2) is 50.9 Å². The number of sulfonamides is 1. The van der Waals surface area contributed by atoms with Crippen LogP contribution >= 0.6 is 0 Å². The van der Waals surface area contributed by atoms with Gasteiger partial charge >= 0.3 is 0 Å². The van der Waals surface area contributed by atoms with Gasteiger partial charge in [-0.05, 0) is 68.7 Å². The highest BCUT2D eigenvalue weighted by atomic mass is 32.2. The molecule has 0 unspecified atom stereocenters. The van der Waals surface area contributed by atoms with E-state index in [0.717, 1.165) is 21.9 Å². The third kappa shape index (κ3) is 7.85. The number of rotatable bonds is 14. The van der Waals surface area contributed by atoms with Gasteiger partial charge in [-0.3, -0.25) is 13.9 Å². The molecule has 0 aliphatic rings. The van der Waals surface area contributed by atoms with E-state index in [2.05, 4.69) is 5.32 Å². The number of carbonyl (C=O) groups is 2. The molecule has 1 N–H and O–H groups in total. The lowest BCUT2D eigenvalue weighted by Crippen LogP contribution is -2.52. The van der Waals surface area contributed by atoms with Crippen molar-refractivity contribution in [3.63, 3.8) is 0 Å². The number of anilines is 1. The number of carbonyl (C=O) groups excluding carboxylic acids is 2. The molecule has 0 radical (unpaired) electrons. The maximum absolute atomic E-state index is 14.0. The lowest BCUT2D eigenvalue weighted by atomic mass is 10.1. The average molecular weight is 566 g/mol. The molecule has 3 aromatic carbocycles. The van der Waals surface area contributed by atoms with Crippen molar-refractivity contribution < 1.29 is 22.7 Å². The third-order valence-corrected chi connectivity index (χ3v) is 8.20. The summed E-state index contributed by atoms with van der Waals surface area (Å²) >= 11 is 0. The van der Waals surface area contributed by atoms with E-state index in [-0.39, 0.29) is 17.3 Å². The molecule has 0 fully saturated rings. The number of ether oxygens (including phenoxy) is 1. The van der Waals surface area contributed by atoms with Crippen LogP contribution in [-0.2, 0) is 26.2 Å². The molecule has 3 rings (SSSR count). The topological polar surface area (TPSA) is 96.0 Å². The standard InChI is InChI=1S/C31H39N3O5S/c1-5-20-32-31(36)29(6-2)33(22-25-13-11-12-24(4)21-25)30(35)23-34(26-14-9-8-10-15-26)40(37,38)28-18-16-27(17-19-28)39-7-3/h8-19,21,29H,5-7,20,22-23H2,1-4H3,(H,32,36)/t29-/m0/s1. The summed E-state index contributed by atoms with van der Waals surface area (Å²) in [6.45, 7) is 8.26. The van der Waals surface area contributed by atoms with E-state index in [0.29, 0.717) is 31.0 Å². The van der Waals surface area contributed by atoms with Crippen LogP contribution in [0, 0.1) is 6.92 Å². The first-order valence-corrected chi connectivity index (χ1v) is 15.1. The first-order valence-electron chi connectivity index (χ1n) is 13.6. The first kappa shape index (κ1) is 30.7. The molecule has 40 heavy (non-hydrogen) atoms. The van der Waals surface area contributed by atoms with E-state index in [9.17, 15) is 18.0 Å². The van der Waals surface area contributed by atoms with E-state index in [1.807, 2.05) is 52.0 Å². The van der Waals surface area contributed by atoms with Gasteiger partial charge in [0.05, 0.1) is 17.2 Å². The van der Waals surface area contributed by atoms with Crippen molar-refractivity contribution in [2.75, 3.05) is 24.0 Å². The Morgan fingerprint density at radius 1 is 0.925 bits per heavy atom. The van der Waals surface area contributed by atoms with Gasteiger partial charge in [-0.15, -0.1) is 0 Å². The van der Waals surface area contributed by atoms with E-state index in [1.54, 1.807) is 42.5 Å². The van der Waals surface area contributed by atoms with Gasteiger partial charge in [0.2, 0.25) is 11.8 Å². The van der Waals surface area contributed by atoms with Crippen molar-refractivity contribution in [3.05, 3.63) is 90.0 Å². The summed E-state index contributed by atoms with van der Waals surface area (Å²) in [5, 5.41) is 2.90. The largest absolute Gasteiger partial charge is 0.494 e. The second kappa shape index (κ2) is 14.5. The third-order valence-electron chi connectivity index (χ3n) is 6.42. The summed E-state index contributed by atoms with van der Waals surface area (Å²) in [7, 11) is -4.13. The number of para-hydroxylation sites is 1. The molecule has 0 heterocycles. The normalized spacial score (nSPS) is 11.9. The van der Waals surface area contributed by atoms with E-state index in [4.69, 9.17) is 4.74 Å². The molecular formula is C31H39N3O5S. The highest BCUT2D eigenvalue weighted by Crippen LogP contribution is 2.26. The fraction of sp³-hybridized carbons (Fsp3) is 0.355. The SMILES string of the molecule is CCCNC(=O)[C@H](CC)N(Cc1cccc(C)c1)C(=O)CN(c1ccccc1)S(=O)(=O)c1ccc(OCC)cc1. The summed E-state index contributed by atoms with van der Waals surface area (Å²) in [6, 6.07) is 21.6. The van der Waals surface area contributed by atoms with Gasteiger partial charge < -0.3 is 15.0 Å². The zero-order chi connectivity index (χ0) is 29.1. The van der Waals surface area contributed by atoms with E-state index in [1.165, 1.54) is 17.0 Å². The molecule has 0 aliphatic heterocycles. The first-order chi connectivity index (χ1) is 19.2. The monoisotopic (exact) mass is 565 g/mol. The second-order valence-electron chi connectivity index (χ2n) is 9.48. The van der Waals surface area contributed by atoms with Crippen LogP contribution in [0.25, 0.3) is 0 Å². The van der Waals surface area contributed by atoms with Crippen molar-refractivity contribution >= 4 is 27.5 Å². The Balaban J connectivity index is 2.01.